The number of aryl methyl sites for hydroxylation is 1. The summed E-state index contributed by atoms with van der Waals surface area (Å²) in [6.07, 6.45) is 5.11. The monoisotopic (exact) mass is 403 g/mol. The van der Waals surface area contributed by atoms with Gasteiger partial charge >= 0.3 is 0 Å². The average Bonchev–Trinajstić information content (AvgIpc) is 3.41. The molecule has 0 aliphatic heterocycles. The van der Waals surface area contributed by atoms with Crippen molar-refractivity contribution >= 4 is 22.7 Å². The second kappa shape index (κ2) is 8.34. The van der Waals surface area contributed by atoms with Crippen LogP contribution in [0.5, 0.6) is 0 Å². The molecule has 2 amide bonds. The van der Waals surface area contributed by atoms with Crippen LogP contribution in [-0.4, -0.2) is 40.8 Å². The lowest BCUT2D eigenvalue weighted by Crippen LogP contribution is -2.38. The number of carbonyl (C=O) groups is 2. The molecule has 5 nitrogen and oxygen atoms in total. The van der Waals surface area contributed by atoms with Crippen molar-refractivity contribution in [3.63, 3.8) is 0 Å². The molecule has 1 aliphatic rings. The molecule has 0 radical (unpaired) electrons. The normalized spacial score (nSPS) is 18.5. The van der Waals surface area contributed by atoms with E-state index in [-0.39, 0.29) is 23.9 Å². The van der Waals surface area contributed by atoms with Crippen LogP contribution in [0.2, 0.25) is 0 Å². The third-order valence-electron chi connectivity index (χ3n) is 6.30. The molecule has 0 spiro atoms. The summed E-state index contributed by atoms with van der Waals surface area (Å²) in [5, 5.41) is 4.24. The first kappa shape index (κ1) is 20.2. The maximum Gasteiger partial charge on any atom is 0.253 e. The molecular weight excluding hydrogens is 374 g/mol. The third-order valence-corrected chi connectivity index (χ3v) is 6.30. The number of aromatic amines is 1. The van der Waals surface area contributed by atoms with Gasteiger partial charge in [-0.25, -0.2) is 0 Å². The van der Waals surface area contributed by atoms with Gasteiger partial charge < -0.3 is 15.2 Å². The number of benzene rings is 2. The lowest BCUT2D eigenvalue weighted by atomic mass is 9.97. The number of hydrogen-bond acceptors (Lipinski definition) is 2. The summed E-state index contributed by atoms with van der Waals surface area (Å²) in [4.78, 5) is 29.8. The molecule has 4 rings (SSSR count). The van der Waals surface area contributed by atoms with E-state index in [0.29, 0.717) is 12.0 Å². The Labute approximate surface area is 177 Å². The van der Waals surface area contributed by atoms with Crippen molar-refractivity contribution in [2.24, 2.45) is 0 Å². The molecule has 0 saturated heterocycles. The van der Waals surface area contributed by atoms with Crippen LogP contribution in [0.1, 0.15) is 48.5 Å². The van der Waals surface area contributed by atoms with Crippen LogP contribution < -0.4 is 5.32 Å². The first-order chi connectivity index (χ1) is 14.5. The van der Waals surface area contributed by atoms with E-state index in [1.165, 1.54) is 5.39 Å². The van der Waals surface area contributed by atoms with Crippen LogP contribution in [-0.2, 0) is 4.79 Å². The first-order valence-corrected chi connectivity index (χ1v) is 10.7. The van der Waals surface area contributed by atoms with Gasteiger partial charge in [0.1, 0.15) is 0 Å². The fourth-order valence-electron chi connectivity index (χ4n) is 4.48. The lowest BCUT2D eigenvalue weighted by Gasteiger charge is -2.25. The average molecular weight is 404 g/mol. The van der Waals surface area contributed by atoms with Gasteiger partial charge in [0, 0.05) is 42.8 Å². The first-order valence-electron chi connectivity index (χ1n) is 10.7. The molecule has 0 unspecified atom stereocenters. The molecule has 1 aromatic heterocycles. The number of nitrogens with one attached hydrogen (secondary N) is 2. The zero-order valence-electron chi connectivity index (χ0n) is 17.9. The number of rotatable bonds is 5. The van der Waals surface area contributed by atoms with Gasteiger partial charge in [0.2, 0.25) is 5.91 Å². The smallest absolute Gasteiger partial charge is 0.253 e. The minimum atomic E-state index is 0.0400. The summed E-state index contributed by atoms with van der Waals surface area (Å²) >= 11 is 0. The largest absolute Gasteiger partial charge is 0.361 e. The van der Waals surface area contributed by atoms with Crippen molar-refractivity contribution in [1.29, 1.82) is 0 Å². The molecule has 1 heterocycles. The van der Waals surface area contributed by atoms with E-state index in [4.69, 9.17) is 0 Å². The summed E-state index contributed by atoms with van der Waals surface area (Å²) in [6.45, 7) is 3.92. The number of amides is 2. The molecule has 2 atom stereocenters. The predicted octanol–water partition coefficient (Wildman–Crippen LogP) is 4.66. The second-order valence-electron chi connectivity index (χ2n) is 8.31. The van der Waals surface area contributed by atoms with E-state index in [9.17, 15) is 9.59 Å². The van der Waals surface area contributed by atoms with Crippen LogP contribution in [0.15, 0.2) is 48.7 Å². The number of hydrogen-bond donors (Lipinski definition) is 2. The summed E-state index contributed by atoms with van der Waals surface area (Å²) < 4.78 is 0. The Morgan fingerprint density at radius 3 is 2.73 bits per heavy atom. The Kier molecular flexibility index (Phi) is 5.62. The Bertz CT molecular complexity index is 1080. The van der Waals surface area contributed by atoms with Crippen LogP contribution in [0.4, 0.5) is 0 Å². The Morgan fingerprint density at radius 1 is 1.13 bits per heavy atom. The van der Waals surface area contributed by atoms with E-state index in [0.717, 1.165) is 41.5 Å². The molecule has 1 fully saturated rings. The Hall–Kier alpha value is -3.08. The van der Waals surface area contributed by atoms with E-state index >= 15 is 0 Å². The van der Waals surface area contributed by atoms with E-state index in [2.05, 4.69) is 41.5 Å². The summed E-state index contributed by atoms with van der Waals surface area (Å²) in [5.41, 5.74) is 5.21. The van der Waals surface area contributed by atoms with E-state index in [1.807, 2.05) is 43.3 Å². The van der Waals surface area contributed by atoms with Gasteiger partial charge in [0.15, 0.2) is 0 Å². The molecule has 156 valence electrons. The lowest BCUT2D eigenvalue weighted by molar-refractivity contribution is -0.121. The summed E-state index contributed by atoms with van der Waals surface area (Å²) in [6, 6.07) is 14.7. The molecule has 5 heteroatoms. The summed E-state index contributed by atoms with van der Waals surface area (Å²) in [5.74, 6) is 0.122. The fourth-order valence-corrected chi connectivity index (χ4v) is 4.48. The topological polar surface area (TPSA) is 65.2 Å². The van der Waals surface area contributed by atoms with Gasteiger partial charge in [0.25, 0.3) is 5.91 Å². The zero-order valence-corrected chi connectivity index (χ0v) is 17.9. The quantitative estimate of drug-likeness (QED) is 0.651. The van der Waals surface area contributed by atoms with Crippen molar-refractivity contribution in [3.05, 3.63) is 59.8 Å². The minimum Gasteiger partial charge on any atom is -0.361 e. The molecule has 3 aromatic rings. The van der Waals surface area contributed by atoms with Crippen LogP contribution in [0.3, 0.4) is 0 Å². The highest BCUT2D eigenvalue weighted by Crippen LogP contribution is 2.29. The van der Waals surface area contributed by atoms with Gasteiger partial charge in [-0.3, -0.25) is 9.59 Å². The van der Waals surface area contributed by atoms with Crippen molar-refractivity contribution in [3.8, 4) is 11.1 Å². The maximum absolute atomic E-state index is 13.1. The molecule has 2 aromatic carbocycles. The number of fused-ring (bicyclic) bond motifs is 1. The molecule has 30 heavy (non-hydrogen) atoms. The van der Waals surface area contributed by atoms with E-state index in [1.54, 1.807) is 0 Å². The van der Waals surface area contributed by atoms with Gasteiger partial charge in [-0.2, -0.15) is 0 Å². The molecule has 1 saturated carbocycles. The van der Waals surface area contributed by atoms with Gasteiger partial charge in [0.05, 0.1) is 0 Å². The third kappa shape index (κ3) is 3.97. The maximum atomic E-state index is 13.1. The second-order valence-corrected chi connectivity index (χ2v) is 8.31. The molecule has 0 bridgehead atoms. The molecule has 2 N–H and O–H groups in total. The van der Waals surface area contributed by atoms with Crippen LogP contribution in [0.25, 0.3) is 22.0 Å². The molecular formula is C25H29N3O2. The predicted molar refractivity (Wildman–Crippen MR) is 120 cm³/mol. The fraction of sp³-hybridized carbons (Fsp3) is 0.360. The summed E-state index contributed by atoms with van der Waals surface area (Å²) in [7, 11) is 1.88. The number of carbonyl (C=O) groups excluding carboxylic acids is 2. The number of H-pyrrole nitrogens is 1. The molecule has 1 aliphatic carbocycles. The Balaban J connectivity index is 1.48. The van der Waals surface area contributed by atoms with Crippen molar-refractivity contribution in [2.45, 2.75) is 51.6 Å². The highest BCUT2D eigenvalue weighted by Gasteiger charge is 2.31. The number of nitrogens with zero attached hydrogens (tertiary/aromatic N) is 1. The van der Waals surface area contributed by atoms with Gasteiger partial charge in [-0.1, -0.05) is 19.1 Å². The van der Waals surface area contributed by atoms with Gasteiger partial charge in [-0.15, -0.1) is 0 Å². The highest BCUT2D eigenvalue weighted by atomic mass is 16.2. The zero-order chi connectivity index (χ0) is 21.3. The minimum absolute atomic E-state index is 0.0400. The number of aromatic nitrogens is 1. The van der Waals surface area contributed by atoms with Crippen LogP contribution >= 0.6 is 0 Å². The SMILES string of the molecule is CCC(=O)N[C@H]1CC[C@@H](N(C)C(=O)c2ccc(-c3ccc4[nH]ccc4c3)c(C)c2)C1. The van der Waals surface area contributed by atoms with Gasteiger partial charge in [-0.05, 0) is 78.6 Å². The Morgan fingerprint density at radius 2 is 1.97 bits per heavy atom. The van der Waals surface area contributed by atoms with E-state index < -0.39 is 0 Å². The van der Waals surface area contributed by atoms with Crippen molar-refractivity contribution in [2.75, 3.05) is 7.05 Å². The highest BCUT2D eigenvalue weighted by molar-refractivity contribution is 5.95. The van der Waals surface area contributed by atoms with Crippen molar-refractivity contribution in [1.82, 2.24) is 15.2 Å². The van der Waals surface area contributed by atoms with Crippen LogP contribution in [0, 0.1) is 6.92 Å². The van der Waals surface area contributed by atoms with Crippen molar-refractivity contribution < 1.29 is 9.59 Å². The standard InChI is InChI=1S/C25H29N3O2/c1-4-24(29)27-20-7-8-21(15-20)28(3)25(30)19-5-9-22(16(2)13-19)17-6-10-23-18(14-17)11-12-26-23/h5-6,9-14,20-21,26H,4,7-8,15H2,1-3H3,(H,27,29)/t20-,21+/m0/s1.